The molecule has 0 saturated heterocycles. The maximum atomic E-state index is 13.5. The van der Waals surface area contributed by atoms with Crippen LogP contribution in [0.5, 0.6) is 0 Å². The summed E-state index contributed by atoms with van der Waals surface area (Å²) in [7, 11) is 0. The summed E-state index contributed by atoms with van der Waals surface area (Å²) in [5.74, 6) is -0.682. The standard InChI is InChI=1S/C10H4ClF4IN2/c11-6-1-2-7(9(16)8(6)12)18-4-5(3-17-18)10(13,14)15/h1-4H. The number of rotatable bonds is 1. The summed E-state index contributed by atoms with van der Waals surface area (Å²) in [5.41, 5.74) is -0.693. The Bertz CT molecular complexity index is 594. The first-order valence-corrected chi connectivity index (χ1v) is 6.02. The van der Waals surface area contributed by atoms with E-state index >= 15 is 0 Å². The van der Waals surface area contributed by atoms with E-state index in [0.717, 1.165) is 10.9 Å². The van der Waals surface area contributed by atoms with Crippen molar-refractivity contribution in [2.45, 2.75) is 6.18 Å². The van der Waals surface area contributed by atoms with E-state index in [4.69, 9.17) is 11.6 Å². The molecule has 8 heteroatoms. The third kappa shape index (κ3) is 2.46. The molecule has 2 rings (SSSR count). The predicted octanol–water partition coefficient (Wildman–Crippen LogP) is 4.29. The van der Waals surface area contributed by atoms with Crippen LogP contribution in [0.25, 0.3) is 5.69 Å². The fourth-order valence-electron chi connectivity index (χ4n) is 1.29. The van der Waals surface area contributed by atoms with E-state index in [0.29, 0.717) is 6.20 Å². The summed E-state index contributed by atoms with van der Waals surface area (Å²) in [6.45, 7) is 0. The second-order valence-corrected chi connectivity index (χ2v) is 4.85. The number of alkyl halides is 3. The molecule has 0 amide bonds. The largest absolute Gasteiger partial charge is 0.419 e. The Kier molecular flexibility index (Phi) is 3.54. The van der Waals surface area contributed by atoms with Gasteiger partial charge in [0.15, 0.2) is 5.82 Å². The van der Waals surface area contributed by atoms with Crippen molar-refractivity contribution in [3.05, 3.63) is 44.5 Å². The average molecular weight is 391 g/mol. The quantitative estimate of drug-likeness (QED) is 0.404. The first-order valence-electron chi connectivity index (χ1n) is 4.56. The van der Waals surface area contributed by atoms with Crippen LogP contribution in [0.2, 0.25) is 5.02 Å². The summed E-state index contributed by atoms with van der Waals surface area (Å²) in [5, 5.41) is 3.48. The molecule has 0 atom stereocenters. The van der Waals surface area contributed by atoms with Crippen LogP contribution in [0, 0.1) is 9.39 Å². The van der Waals surface area contributed by atoms with Crippen molar-refractivity contribution in [2.24, 2.45) is 0 Å². The zero-order valence-electron chi connectivity index (χ0n) is 8.47. The Balaban J connectivity index is 2.50. The first-order chi connectivity index (χ1) is 8.30. The summed E-state index contributed by atoms with van der Waals surface area (Å²) in [6.07, 6.45) is -3.00. The Morgan fingerprint density at radius 1 is 1.28 bits per heavy atom. The van der Waals surface area contributed by atoms with Crippen LogP contribution in [0.1, 0.15) is 5.56 Å². The SMILES string of the molecule is Fc1c(Cl)ccc(-n2cc(C(F)(F)F)cn2)c1I. The van der Waals surface area contributed by atoms with E-state index < -0.39 is 17.6 Å². The number of aromatic nitrogens is 2. The second-order valence-electron chi connectivity index (χ2n) is 3.37. The molecule has 96 valence electrons. The molecule has 0 saturated carbocycles. The zero-order chi connectivity index (χ0) is 13.5. The van der Waals surface area contributed by atoms with Gasteiger partial charge in [0.05, 0.1) is 26.0 Å². The van der Waals surface area contributed by atoms with Gasteiger partial charge in [-0.2, -0.15) is 18.3 Å². The molecule has 0 fully saturated rings. The summed E-state index contributed by atoms with van der Waals surface area (Å²) >= 11 is 7.22. The Labute approximate surface area is 118 Å². The van der Waals surface area contributed by atoms with Gasteiger partial charge in [-0.1, -0.05) is 11.6 Å². The molecule has 2 aromatic rings. The molecule has 0 bridgehead atoms. The fourth-order valence-corrected chi connectivity index (χ4v) is 2.33. The smallest absolute Gasteiger partial charge is 0.239 e. The van der Waals surface area contributed by atoms with Crippen molar-refractivity contribution < 1.29 is 17.6 Å². The summed E-state index contributed by atoms with van der Waals surface area (Å²) in [4.78, 5) is 0. The maximum absolute atomic E-state index is 13.5. The monoisotopic (exact) mass is 390 g/mol. The fraction of sp³-hybridized carbons (Fsp3) is 0.100. The van der Waals surface area contributed by atoms with Crippen LogP contribution >= 0.6 is 34.2 Å². The highest BCUT2D eigenvalue weighted by atomic mass is 127. The molecule has 18 heavy (non-hydrogen) atoms. The van der Waals surface area contributed by atoms with E-state index in [-0.39, 0.29) is 14.3 Å². The van der Waals surface area contributed by atoms with Crippen molar-refractivity contribution >= 4 is 34.2 Å². The molecular formula is C10H4ClF4IN2. The van der Waals surface area contributed by atoms with Gasteiger partial charge in [0, 0.05) is 6.20 Å². The highest BCUT2D eigenvalue weighted by Crippen LogP contribution is 2.31. The third-order valence-electron chi connectivity index (χ3n) is 2.17. The van der Waals surface area contributed by atoms with Gasteiger partial charge >= 0.3 is 6.18 Å². The topological polar surface area (TPSA) is 17.8 Å². The van der Waals surface area contributed by atoms with Crippen LogP contribution in [0.15, 0.2) is 24.5 Å². The highest BCUT2D eigenvalue weighted by Gasteiger charge is 2.32. The zero-order valence-corrected chi connectivity index (χ0v) is 11.4. The molecule has 2 nitrogen and oxygen atoms in total. The lowest BCUT2D eigenvalue weighted by molar-refractivity contribution is -0.137. The summed E-state index contributed by atoms with van der Waals surface area (Å²) in [6, 6.07) is 2.67. The molecule has 1 heterocycles. The summed E-state index contributed by atoms with van der Waals surface area (Å²) < 4.78 is 51.8. The van der Waals surface area contributed by atoms with E-state index in [1.54, 1.807) is 22.6 Å². The normalized spacial score (nSPS) is 11.9. The van der Waals surface area contributed by atoms with Crippen molar-refractivity contribution in [3.8, 4) is 5.69 Å². The van der Waals surface area contributed by atoms with Crippen LogP contribution in [0.4, 0.5) is 17.6 Å². The molecule has 0 spiro atoms. The number of nitrogens with zero attached hydrogens (tertiary/aromatic N) is 2. The Morgan fingerprint density at radius 3 is 2.50 bits per heavy atom. The Hall–Kier alpha value is -0.830. The van der Waals surface area contributed by atoms with Crippen molar-refractivity contribution in [3.63, 3.8) is 0 Å². The molecular weight excluding hydrogens is 386 g/mol. The molecule has 0 aliphatic carbocycles. The van der Waals surface area contributed by atoms with Crippen LogP contribution in [0.3, 0.4) is 0 Å². The van der Waals surface area contributed by atoms with E-state index in [1.807, 2.05) is 0 Å². The van der Waals surface area contributed by atoms with Crippen LogP contribution < -0.4 is 0 Å². The van der Waals surface area contributed by atoms with Crippen molar-refractivity contribution in [1.82, 2.24) is 9.78 Å². The minimum absolute atomic E-state index is 0.0913. The minimum atomic E-state index is -4.48. The van der Waals surface area contributed by atoms with E-state index in [1.165, 1.54) is 12.1 Å². The average Bonchev–Trinajstić information content (AvgIpc) is 2.75. The van der Waals surface area contributed by atoms with Gasteiger partial charge in [-0.15, -0.1) is 0 Å². The molecule has 0 unspecified atom stereocenters. The number of benzene rings is 1. The predicted molar refractivity (Wildman–Crippen MR) is 66.3 cm³/mol. The van der Waals surface area contributed by atoms with E-state index in [2.05, 4.69) is 5.10 Å². The second kappa shape index (κ2) is 4.69. The van der Waals surface area contributed by atoms with Gasteiger partial charge in [-0.05, 0) is 34.7 Å². The molecule has 0 aliphatic rings. The molecule has 0 aliphatic heterocycles. The van der Waals surface area contributed by atoms with E-state index in [9.17, 15) is 17.6 Å². The third-order valence-corrected chi connectivity index (χ3v) is 3.49. The van der Waals surface area contributed by atoms with Gasteiger partial charge in [-0.3, -0.25) is 0 Å². The molecule has 1 aromatic carbocycles. The molecule has 1 aromatic heterocycles. The van der Waals surface area contributed by atoms with Gasteiger partial charge in [0.1, 0.15) is 0 Å². The first kappa shape index (κ1) is 13.6. The van der Waals surface area contributed by atoms with Crippen molar-refractivity contribution in [1.29, 1.82) is 0 Å². The van der Waals surface area contributed by atoms with Crippen LogP contribution in [-0.2, 0) is 6.18 Å². The number of hydrogen-bond acceptors (Lipinski definition) is 1. The number of hydrogen-bond donors (Lipinski definition) is 0. The lowest BCUT2D eigenvalue weighted by atomic mass is 10.3. The van der Waals surface area contributed by atoms with Gasteiger partial charge in [0.2, 0.25) is 0 Å². The Morgan fingerprint density at radius 2 is 1.94 bits per heavy atom. The van der Waals surface area contributed by atoms with Crippen molar-refractivity contribution in [2.75, 3.05) is 0 Å². The maximum Gasteiger partial charge on any atom is 0.419 e. The van der Waals surface area contributed by atoms with Gasteiger partial charge in [0.25, 0.3) is 0 Å². The lowest BCUT2D eigenvalue weighted by Gasteiger charge is -2.06. The van der Waals surface area contributed by atoms with Gasteiger partial charge in [-0.25, -0.2) is 9.07 Å². The number of halogens is 6. The highest BCUT2D eigenvalue weighted by molar-refractivity contribution is 14.1. The lowest BCUT2D eigenvalue weighted by Crippen LogP contribution is -2.03. The minimum Gasteiger partial charge on any atom is -0.239 e. The van der Waals surface area contributed by atoms with Crippen LogP contribution in [-0.4, -0.2) is 9.78 Å². The molecule has 0 N–H and O–H groups in total. The molecule has 0 radical (unpaired) electrons. The van der Waals surface area contributed by atoms with Gasteiger partial charge < -0.3 is 0 Å².